The van der Waals surface area contributed by atoms with Crippen molar-refractivity contribution in [1.82, 2.24) is 5.32 Å². The summed E-state index contributed by atoms with van der Waals surface area (Å²) >= 11 is 0. The third-order valence-electron chi connectivity index (χ3n) is 3.40. The number of hydrogen-bond acceptors (Lipinski definition) is 4. The number of benzene rings is 1. The van der Waals surface area contributed by atoms with Crippen LogP contribution in [0, 0.1) is 5.92 Å². The number of carbonyl (C=O) groups excluding carboxylic acids is 1. The van der Waals surface area contributed by atoms with Crippen LogP contribution in [0.1, 0.15) is 44.0 Å². The molecule has 0 spiro atoms. The SMILES string of the molecule is CCCCOc1ccc(C(=O)NC(C(=O)O)C(C)C)cc1OC. The van der Waals surface area contributed by atoms with Crippen molar-refractivity contribution in [3.63, 3.8) is 0 Å². The largest absolute Gasteiger partial charge is 0.493 e. The number of methoxy groups -OCH3 is 1. The number of nitrogens with one attached hydrogen (secondary N) is 1. The summed E-state index contributed by atoms with van der Waals surface area (Å²) in [7, 11) is 1.50. The van der Waals surface area contributed by atoms with Crippen LogP contribution in [0.25, 0.3) is 0 Å². The molecule has 0 aliphatic heterocycles. The molecular formula is C17H25NO5. The molecule has 1 aromatic rings. The normalized spacial score (nSPS) is 11.9. The van der Waals surface area contributed by atoms with E-state index in [0.717, 1.165) is 12.8 Å². The van der Waals surface area contributed by atoms with Crippen LogP contribution in [-0.2, 0) is 4.79 Å². The maximum atomic E-state index is 12.2. The minimum Gasteiger partial charge on any atom is -0.493 e. The first-order valence-corrected chi connectivity index (χ1v) is 7.75. The smallest absolute Gasteiger partial charge is 0.326 e. The molecule has 2 N–H and O–H groups in total. The molecule has 1 rings (SSSR count). The molecule has 1 atom stereocenters. The summed E-state index contributed by atoms with van der Waals surface area (Å²) in [6, 6.07) is 3.87. The highest BCUT2D eigenvalue weighted by molar-refractivity contribution is 5.97. The summed E-state index contributed by atoms with van der Waals surface area (Å²) in [5.41, 5.74) is 0.330. The van der Waals surface area contributed by atoms with Crippen molar-refractivity contribution in [2.75, 3.05) is 13.7 Å². The molecule has 1 unspecified atom stereocenters. The summed E-state index contributed by atoms with van der Waals surface area (Å²) in [6.45, 7) is 6.13. The zero-order valence-corrected chi connectivity index (χ0v) is 14.1. The summed E-state index contributed by atoms with van der Waals surface area (Å²) in [5, 5.41) is 11.7. The summed E-state index contributed by atoms with van der Waals surface area (Å²) in [4.78, 5) is 23.4. The maximum absolute atomic E-state index is 12.2. The van der Waals surface area contributed by atoms with Gasteiger partial charge in [0.2, 0.25) is 0 Å². The minimum atomic E-state index is -1.06. The first-order chi connectivity index (χ1) is 10.9. The molecule has 0 radical (unpaired) electrons. The van der Waals surface area contributed by atoms with Crippen molar-refractivity contribution in [2.45, 2.75) is 39.7 Å². The quantitative estimate of drug-likeness (QED) is 0.683. The average Bonchev–Trinajstić information content (AvgIpc) is 2.52. The molecule has 1 aromatic carbocycles. The predicted octanol–water partition coefficient (Wildman–Crippen LogP) is 2.71. The Hall–Kier alpha value is -2.24. The Morgan fingerprint density at radius 3 is 2.48 bits per heavy atom. The van der Waals surface area contributed by atoms with Gasteiger partial charge >= 0.3 is 5.97 Å². The Balaban J connectivity index is 2.87. The minimum absolute atomic E-state index is 0.213. The van der Waals surface area contributed by atoms with Gasteiger partial charge in [0, 0.05) is 5.56 Å². The van der Waals surface area contributed by atoms with Crippen LogP contribution in [0.3, 0.4) is 0 Å². The van der Waals surface area contributed by atoms with Gasteiger partial charge in [-0.15, -0.1) is 0 Å². The first-order valence-electron chi connectivity index (χ1n) is 7.75. The lowest BCUT2D eigenvalue weighted by atomic mass is 10.0. The zero-order chi connectivity index (χ0) is 17.4. The van der Waals surface area contributed by atoms with E-state index < -0.39 is 17.9 Å². The molecule has 1 amide bonds. The van der Waals surface area contributed by atoms with Crippen LogP contribution >= 0.6 is 0 Å². The predicted molar refractivity (Wildman–Crippen MR) is 87.1 cm³/mol. The molecule has 23 heavy (non-hydrogen) atoms. The van der Waals surface area contributed by atoms with E-state index in [1.807, 2.05) is 0 Å². The van der Waals surface area contributed by atoms with Crippen molar-refractivity contribution < 1.29 is 24.2 Å². The van der Waals surface area contributed by atoms with Crippen LogP contribution in [0.4, 0.5) is 0 Å². The molecule has 0 aromatic heterocycles. The van der Waals surface area contributed by atoms with Gasteiger partial charge in [0.25, 0.3) is 5.91 Å². The van der Waals surface area contributed by atoms with Gasteiger partial charge in [-0.1, -0.05) is 27.2 Å². The Kier molecular flexibility index (Phi) is 7.38. The second-order valence-electron chi connectivity index (χ2n) is 5.60. The number of aliphatic carboxylic acids is 1. The summed E-state index contributed by atoms with van der Waals surface area (Å²) in [5.74, 6) is -0.708. The van der Waals surface area contributed by atoms with Crippen molar-refractivity contribution in [3.05, 3.63) is 23.8 Å². The van der Waals surface area contributed by atoms with E-state index >= 15 is 0 Å². The van der Waals surface area contributed by atoms with Crippen LogP contribution < -0.4 is 14.8 Å². The summed E-state index contributed by atoms with van der Waals surface area (Å²) in [6.07, 6.45) is 1.95. The fourth-order valence-electron chi connectivity index (χ4n) is 1.99. The highest BCUT2D eigenvalue weighted by Gasteiger charge is 2.24. The average molecular weight is 323 g/mol. The van der Waals surface area contributed by atoms with Crippen molar-refractivity contribution in [1.29, 1.82) is 0 Å². The van der Waals surface area contributed by atoms with Gasteiger partial charge in [-0.25, -0.2) is 4.79 Å². The Bertz CT molecular complexity index is 542. The monoisotopic (exact) mass is 323 g/mol. The molecule has 6 nitrogen and oxygen atoms in total. The van der Waals surface area contributed by atoms with E-state index in [1.165, 1.54) is 7.11 Å². The third kappa shape index (κ3) is 5.47. The number of carboxylic acids is 1. The van der Waals surface area contributed by atoms with E-state index in [9.17, 15) is 9.59 Å². The van der Waals surface area contributed by atoms with Gasteiger partial charge in [0.15, 0.2) is 11.5 Å². The molecule has 0 saturated heterocycles. The lowest BCUT2D eigenvalue weighted by Crippen LogP contribution is -2.44. The van der Waals surface area contributed by atoms with E-state index in [2.05, 4.69) is 12.2 Å². The lowest BCUT2D eigenvalue weighted by Gasteiger charge is -2.18. The van der Waals surface area contributed by atoms with Gasteiger partial charge in [0.05, 0.1) is 13.7 Å². The number of unbranched alkanes of at least 4 members (excludes halogenated alkanes) is 1. The van der Waals surface area contributed by atoms with Gasteiger partial charge in [0.1, 0.15) is 6.04 Å². The molecule has 0 heterocycles. The molecule has 6 heteroatoms. The number of ether oxygens (including phenoxy) is 2. The van der Waals surface area contributed by atoms with E-state index in [1.54, 1.807) is 32.0 Å². The van der Waals surface area contributed by atoms with Gasteiger partial charge in [-0.3, -0.25) is 4.79 Å². The second kappa shape index (κ2) is 9.02. The molecule has 0 saturated carbocycles. The molecule has 128 valence electrons. The van der Waals surface area contributed by atoms with E-state index in [0.29, 0.717) is 23.7 Å². The Morgan fingerprint density at radius 1 is 1.26 bits per heavy atom. The first kappa shape index (κ1) is 18.8. The maximum Gasteiger partial charge on any atom is 0.326 e. The third-order valence-corrected chi connectivity index (χ3v) is 3.40. The van der Waals surface area contributed by atoms with Gasteiger partial charge in [-0.05, 0) is 30.5 Å². The van der Waals surface area contributed by atoms with Crippen LogP contribution in [0.15, 0.2) is 18.2 Å². The molecule has 0 aliphatic rings. The lowest BCUT2D eigenvalue weighted by molar-refractivity contribution is -0.140. The fraction of sp³-hybridized carbons (Fsp3) is 0.529. The van der Waals surface area contributed by atoms with Crippen LogP contribution in [-0.4, -0.2) is 36.7 Å². The zero-order valence-electron chi connectivity index (χ0n) is 14.1. The van der Waals surface area contributed by atoms with Crippen molar-refractivity contribution in [3.8, 4) is 11.5 Å². The van der Waals surface area contributed by atoms with Crippen molar-refractivity contribution >= 4 is 11.9 Å². The Morgan fingerprint density at radius 2 is 1.96 bits per heavy atom. The number of rotatable bonds is 9. The van der Waals surface area contributed by atoms with Crippen LogP contribution in [0.5, 0.6) is 11.5 Å². The van der Waals surface area contributed by atoms with E-state index in [-0.39, 0.29) is 5.92 Å². The number of carboxylic acid groups (broad SMARTS) is 1. The highest BCUT2D eigenvalue weighted by atomic mass is 16.5. The molecule has 0 aliphatic carbocycles. The van der Waals surface area contributed by atoms with Crippen LogP contribution in [0.2, 0.25) is 0 Å². The topological polar surface area (TPSA) is 84.9 Å². The molecule has 0 bridgehead atoms. The highest BCUT2D eigenvalue weighted by Crippen LogP contribution is 2.28. The summed E-state index contributed by atoms with van der Waals surface area (Å²) < 4.78 is 10.9. The second-order valence-corrected chi connectivity index (χ2v) is 5.60. The van der Waals surface area contributed by atoms with Gasteiger partial charge < -0.3 is 19.9 Å². The standard InChI is InChI=1S/C17H25NO5/c1-5-6-9-23-13-8-7-12(10-14(13)22-4)16(19)18-15(11(2)3)17(20)21/h7-8,10-11,15H,5-6,9H2,1-4H3,(H,18,19)(H,20,21). The van der Waals surface area contributed by atoms with Gasteiger partial charge in [-0.2, -0.15) is 0 Å². The fourth-order valence-corrected chi connectivity index (χ4v) is 1.99. The molecule has 0 fully saturated rings. The Labute approximate surface area is 136 Å². The number of amides is 1. The number of carbonyl (C=O) groups is 2. The molecular weight excluding hydrogens is 298 g/mol. The van der Waals surface area contributed by atoms with Crippen molar-refractivity contribution in [2.24, 2.45) is 5.92 Å². The van der Waals surface area contributed by atoms with E-state index in [4.69, 9.17) is 14.6 Å². The number of hydrogen-bond donors (Lipinski definition) is 2.